The zero-order valence-electron chi connectivity index (χ0n) is 12.0. The summed E-state index contributed by atoms with van der Waals surface area (Å²) in [6.45, 7) is 12.5. The Kier molecular flexibility index (Phi) is 5.67. The molecule has 0 bridgehead atoms. The number of benzene rings is 1. The number of aryl methyl sites for hydroxylation is 1. The molecule has 0 unspecified atom stereocenters. The van der Waals surface area contributed by atoms with Crippen LogP contribution in [0.2, 0.25) is 0 Å². The minimum atomic E-state index is 0.130. The van der Waals surface area contributed by atoms with E-state index in [9.17, 15) is 0 Å². The molecule has 1 aromatic rings. The fraction of sp³-hybridized carbons (Fsp3) is 0.600. The van der Waals surface area contributed by atoms with Crippen molar-refractivity contribution in [3.05, 3.63) is 28.2 Å². The van der Waals surface area contributed by atoms with Gasteiger partial charge in [-0.1, -0.05) is 43.6 Å². The molecule has 0 saturated heterocycles. The monoisotopic (exact) mass is 313 g/mol. The van der Waals surface area contributed by atoms with Crippen molar-refractivity contribution in [1.29, 1.82) is 0 Å². The second-order valence-electron chi connectivity index (χ2n) is 5.90. The van der Waals surface area contributed by atoms with Gasteiger partial charge in [0.15, 0.2) is 0 Å². The third kappa shape index (κ3) is 5.40. The molecule has 0 saturated carbocycles. The Labute approximate surface area is 119 Å². The van der Waals surface area contributed by atoms with E-state index in [-0.39, 0.29) is 5.41 Å². The zero-order chi connectivity index (χ0) is 13.8. The molecular formula is C15H24BrNO. The molecule has 3 heteroatoms. The van der Waals surface area contributed by atoms with Gasteiger partial charge in [0.25, 0.3) is 0 Å². The molecule has 18 heavy (non-hydrogen) atoms. The lowest BCUT2D eigenvalue weighted by atomic mass is 9.94. The van der Waals surface area contributed by atoms with Gasteiger partial charge in [-0.05, 0) is 30.7 Å². The minimum absolute atomic E-state index is 0.130. The summed E-state index contributed by atoms with van der Waals surface area (Å²) in [6, 6.07) is 6.61. The third-order valence-electron chi connectivity index (χ3n) is 2.75. The van der Waals surface area contributed by atoms with Crippen molar-refractivity contribution in [3.63, 3.8) is 0 Å². The van der Waals surface area contributed by atoms with Crippen molar-refractivity contribution >= 4 is 15.9 Å². The Hall–Kier alpha value is -0.540. The van der Waals surface area contributed by atoms with Crippen LogP contribution in [0.4, 0.5) is 0 Å². The summed E-state index contributed by atoms with van der Waals surface area (Å²) in [7, 11) is 0. The number of halogens is 1. The molecular weight excluding hydrogens is 290 g/mol. The first-order valence-corrected chi connectivity index (χ1v) is 7.22. The Morgan fingerprint density at radius 3 is 2.56 bits per heavy atom. The van der Waals surface area contributed by atoms with Crippen molar-refractivity contribution in [1.82, 2.24) is 5.32 Å². The minimum Gasteiger partial charge on any atom is -0.493 e. The quantitative estimate of drug-likeness (QED) is 0.851. The van der Waals surface area contributed by atoms with Gasteiger partial charge in [0.1, 0.15) is 5.75 Å². The lowest BCUT2D eigenvalue weighted by Crippen LogP contribution is -2.37. The van der Waals surface area contributed by atoms with Crippen LogP contribution in [0.25, 0.3) is 0 Å². The van der Waals surface area contributed by atoms with E-state index < -0.39 is 0 Å². The smallest absolute Gasteiger partial charge is 0.119 e. The maximum atomic E-state index is 5.88. The molecule has 0 aliphatic carbocycles. The SMILES string of the molecule is Cc1cc(OCC(C)(C)CNC(C)C)ccc1Br. The molecule has 1 rings (SSSR count). The highest BCUT2D eigenvalue weighted by Gasteiger charge is 2.19. The molecule has 102 valence electrons. The van der Waals surface area contributed by atoms with E-state index in [4.69, 9.17) is 4.74 Å². The number of ether oxygens (including phenoxy) is 1. The fourth-order valence-electron chi connectivity index (χ4n) is 1.52. The van der Waals surface area contributed by atoms with Crippen LogP contribution in [-0.2, 0) is 0 Å². The average molecular weight is 314 g/mol. The van der Waals surface area contributed by atoms with Crippen molar-refractivity contribution in [2.45, 2.75) is 40.7 Å². The predicted molar refractivity (Wildman–Crippen MR) is 81.3 cm³/mol. The van der Waals surface area contributed by atoms with Gasteiger partial charge < -0.3 is 10.1 Å². The summed E-state index contributed by atoms with van der Waals surface area (Å²) >= 11 is 3.50. The first-order valence-electron chi connectivity index (χ1n) is 6.42. The molecule has 0 aliphatic rings. The molecule has 0 aromatic heterocycles. The first kappa shape index (κ1) is 15.5. The van der Waals surface area contributed by atoms with Crippen LogP contribution < -0.4 is 10.1 Å². The second-order valence-corrected chi connectivity index (χ2v) is 6.75. The van der Waals surface area contributed by atoms with Crippen molar-refractivity contribution in [2.24, 2.45) is 5.41 Å². The number of hydrogen-bond donors (Lipinski definition) is 1. The van der Waals surface area contributed by atoms with Crippen LogP contribution in [0.15, 0.2) is 22.7 Å². The zero-order valence-corrected chi connectivity index (χ0v) is 13.6. The maximum absolute atomic E-state index is 5.88. The van der Waals surface area contributed by atoms with Gasteiger partial charge in [0.2, 0.25) is 0 Å². The number of rotatable bonds is 6. The van der Waals surface area contributed by atoms with Gasteiger partial charge >= 0.3 is 0 Å². The van der Waals surface area contributed by atoms with E-state index in [1.54, 1.807) is 0 Å². The van der Waals surface area contributed by atoms with E-state index in [2.05, 4.69) is 61.9 Å². The van der Waals surface area contributed by atoms with E-state index in [1.165, 1.54) is 5.56 Å². The second kappa shape index (κ2) is 6.58. The van der Waals surface area contributed by atoms with Gasteiger partial charge in [-0.15, -0.1) is 0 Å². The molecule has 0 amide bonds. The molecule has 0 radical (unpaired) electrons. The summed E-state index contributed by atoms with van der Waals surface area (Å²) in [5.41, 5.74) is 1.33. The lowest BCUT2D eigenvalue weighted by Gasteiger charge is -2.26. The molecule has 1 N–H and O–H groups in total. The molecule has 2 nitrogen and oxygen atoms in total. The lowest BCUT2D eigenvalue weighted by molar-refractivity contribution is 0.173. The van der Waals surface area contributed by atoms with E-state index in [1.807, 2.05) is 12.1 Å². The summed E-state index contributed by atoms with van der Waals surface area (Å²) in [6.07, 6.45) is 0. The Morgan fingerprint density at radius 1 is 1.33 bits per heavy atom. The summed E-state index contributed by atoms with van der Waals surface area (Å²) in [4.78, 5) is 0. The van der Waals surface area contributed by atoms with Crippen LogP contribution in [0.3, 0.4) is 0 Å². The van der Waals surface area contributed by atoms with Crippen LogP contribution in [-0.4, -0.2) is 19.2 Å². The van der Waals surface area contributed by atoms with Crippen molar-refractivity contribution < 1.29 is 4.74 Å². The van der Waals surface area contributed by atoms with E-state index in [0.29, 0.717) is 12.6 Å². The van der Waals surface area contributed by atoms with Crippen LogP contribution in [0, 0.1) is 12.3 Å². The van der Waals surface area contributed by atoms with Gasteiger partial charge in [0.05, 0.1) is 6.61 Å². The summed E-state index contributed by atoms with van der Waals surface area (Å²) < 4.78 is 7.00. The van der Waals surface area contributed by atoms with Gasteiger partial charge in [-0.25, -0.2) is 0 Å². The highest BCUT2D eigenvalue weighted by atomic mass is 79.9. The average Bonchev–Trinajstić information content (AvgIpc) is 2.28. The number of nitrogens with one attached hydrogen (secondary N) is 1. The number of hydrogen-bond acceptors (Lipinski definition) is 2. The molecule has 0 spiro atoms. The van der Waals surface area contributed by atoms with E-state index >= 15 is 0 Å². The van der Waals surface area contributed by atoms with Crippen LogP contribution in [0.1, 0.15) is 33.3 Å². The van der Waals surface area contributed by atoms with Crippen LogP contribution in [0.5, 0.6) is 5.75 Å². The largest absolute Gasteiger partial charge is 0.493 e. The topological polar surface area (TPSA) is 21.3 Å². The first-order chi connectivity index (χ1) is 8.30. The van der Waals surface area contributed by atoms with Crippen molar-refractivity contribution in [3.8, 4) is 5.75 Å². The summed E-state index contributed by atoms with van der Waals surface area (Å²) in [5, 5.41) is 3.46. The molecule has 0 atom stereocenters. The summed E-state index contributed by atoms with van der Waals surface area (Å²) in [5.74, 6) is 0.938. The Morgan fingerprint density at radius 2 is 2.00 bits per heavy atom. The molecule has 0 fully saturated rings. The fourth-order valence-corrected chi connectivity index (χ4v) is 1.76. The molecule has 0 aliphatic heterocycles. The standard InChI is InChI=1S/C15H24BrNO/c1-11(2)17-9-15(4,5)10-18-13-6-7-14(16)12(3)8-13/h6-8,11,17H,9-10H2,1-5H3. The van der Waals surface area contributed by atoms with Gasteiger partial charge in [-0.3, -0.25) is 0 Å². The van der Waals surface area contributed by atoms with Crippen LogP contribution >= 0.6 is 15.9 Å². The predicted octanol–water partition coefficient (Wildman–Crippen LogP) is 4.16. The highest BCUT2D eigenvalue weighted by molar-refractivity contribution is 9.10. The normalized spacial score (nSPS) is 11.9. The Balaban J connectivity index is 2.50. The highest BCUT2D eigenvalue weighted by Crippen LogP contribution is 2.23. The Bertz CT molecular complexity index is 388. The van der Waals surface area contributed by atoms with Crippen molar-refractivity contribution in [2.75, 3.05) is 13.2 Å². The van der Waals surface area contributed by atoms with Gasteiger partial charge in [0, 0.05) is 22.5 Å². The van der Waals surface area contributed by atoms with Gasteiger partial charge in [-0.2, -0.15) is 0 Å². The third-order valence-corrected chi connectivity index (χ3v) is 3.64. The molecule has 1 aromatic carbocycles. The van der Waals surface area contributed by atoms with E-state index in [0.717, 1.165) is 16.8 Å². The molecule has 0 heterocycles. The maximum Gasteiger partial charge on any atom is 0.119 e.